The zero-order valence-corrected chi connectivity index (χ0v) is 9.23. The average molecular weight is 217 g/mol. The number of nitrogen functional groups attached to an aromatic ring is 1. The van der Waals surface area contributed by atoms with Gasteiger partial charge in [0, 0.05) is 31.6 Å². The molecular formula is C12H15N3O. The molecule has 0 aliphatic rings. The third kappa shape index (κ3) is 1.86. The van der Waals surface area contributed by atoms with Crippen LogP contribution in [0.1, 0.15) is 6.42 Å². The molecule has 2 aromatic rings. The van der Waals surface area contributed by atoms with Crippen LogP contribution in [0.2, 0.25) is 0 Å². The molecule has 0 bridgehead atoms. The van der Waals surface area contributed by atoms with Crippen molar-refractivity contribution in [2.75, 3.05) is 12.8 Å². The van der Waals surface area contributed by atoms with Crippen molar-refractivity contribution in [3.05, 3.63) is 30.5 Å². The van der Waals surface area contributed by atoms with Gasteiger partial charge in [-0.25, -0.2) is 0 Å². The normalized spacial score (nSPS) is 10.6. The summed E-state index contributed by atoms with van der Waals surface area (Å²) in [6.07, 6.45) is 2.43. The number of para-hydroxylation sites is 1. The fourth-order valence-corrected chi connectivity index (χ4v) is 1.82. The van der Waals surface area contributed by atoms with Crippen LogP contribution in [-0.2, 0) is 11.3 Å². The van der Waals surface area contributed by atoms with Crippen molar-refractivity contribution in [1.29, 1.82) is 0 Å². The van der Waals surface area contributed by atoms with Crippen molar-refractivity contribution in [3.8, 4) is 0 Å². The first-order valence-corrected chi connectivity index (χ1v) is 5.26. The Morgan fingerprint density at radius 2 is 2.25 bits per heavy atom. The molecule has 0 radical (unpaired) electrons. The van der Waals surface area contributed by atoms with Gasteiger partial charge in [0.2, 0.25) is 5.91 Å². The fourth-order valence-electron chi connectivity index (χ4n) is 1.82. The molecule has 16 heavy (non-hydrogen) atoms. The van der Waals surface area contributed by atoms with E-state index in [1.54, 1.807) is 7.05 Å². The van der Waals surface area contributed by atoms with Crippen molar-refractivity contribution >= 4 is 22.5 Å². The molecule has 1 amide bonds. The van der Waals surface area contributed by atoms with Gasteiger partial charge >= 0.3 is 0 Å². The molecule has 3 N–H and O–H groups in total. The molecule has 4 nitrogen and oxygen atoms in total. The van der Waals surface area contributed by atoms with Gasteiger partial charge in [0.1, 0.15) is 0 Å². The van der Waals surface area contributed by atoms with E-state index in [9.17, 15) is 4.79 Å². The first kappa shape index (κ1) is 10.5. The number of nitrogens with zero attached hydrogens (tertiary/aromatic N) is 1. The minimum absolute atomic E-state index is 0.0383. The molecule has 1 aromatic carbocycles. The van der Waals surface area contributed by atoms with E-state index in [2.05, 4.69) is 5.32 Å². The Bertz CT molecular complexity index is 516. The molecule has 0 fully saturated rings. The molecule has 1 heterocycles. The van der Waals surface area contributed by atoms with Gasteiger partial charge < -0.3 is 15.6 Å². The summed E-state index contributed by atoms with van der Waals surface area (Å²) < 4.78 is 2.01. The number of nitrogens with two attached hydrogens (primary N) is 1. The molecule has 0 aliphatic carbocycles. The number of hydrogen-bond acceptors (Lipinski definition) is 2. The third-order valence-corrected chi connectivity index (χ3v) is 2.68. The SMILES string of the molecule is CNC(=O)CCn1ccc2cccc(N)c21. The monoisotopic (exact) mass is 217 g/mol. The predicted octanol–water partition coefficient (Wildman–Crippen LogP) is 1.36. The van der Waals surface area contributed by atoms with Crippen LogP contribution in [0.3, 0.4) is 0 Å². The second-order valence-corrected chi connectivity index (χ2v) is 3.72. The van der Waals surface area contributed by atoms with Crippen LogP contribution in [0.25, 0.3) is 10.9 Å². The van der Waals surface area contributed by atoms with E-state index in [1.165, 1.54) is 0 Å². The minimum Gasteiger partial charge on any atom is -0.397 e. The van der Waals surface area contributed by atoms with Gasteiger partial charge in [-0.1, -0.05) is 12.1 Å². The number of aromatic nitrogens is 1. The van der Waals surface area contributed by atoms with E-state index >= 15 is 0 Å². The summed E-state index contributed by atoms with van der Waals surface area (Å²) in [5.41, 5.74) is 7.67. The second kappa shape index (κ2) is 4.26. The van der Waals surface area contributed by atoms with Gasteiger partial charge in [0.05, 0.1) is 11.2 Å². The van der Waals surface area contributed by atoms with Crippen LogP contribution < -0.4 is 11.1 Å². The highest BCUT2D eigenvalue weighted by Crippen LogP contribution is 2.22. The van der Waals surface area contributed by atoms with Crippen LogP contribution in [-0.4, -0.2) is 17.5 Å². The number of rotatable bonds is 3. The number of aryl methyl sites for hydroxylation is 1. The highest BCUT2D eigenvalue weighted by molar-refractivity contribution is 5.90. The van der Waals surface area contributed by atoms with Gasteiger partial charge in [0.15, 0.2) is 0 Å². The van der Waals surface area contributed by atoms with Crippen LogP contribution >= 0.6 is 0 Å². The standard InChI is InChI=1S/C12H15N3O/c1-14-11(16)6-8-15-7-5-9-3-2-4-10(13)12(9)15/h2-5,7H,6,8,13H2,1H3,(H,14,16). The number of hydrogen-bond donors (Lipinski definition) is 2. The number of amides is 1. The van der Waals surface area contributed by atoms with E-state index in [1.807, 2.05) is 35.0 Å². The number of benzene rings is 1. The highest BCUT2D eigenvalue weighted by atomic mass is 16.1. The quantitative estimate of drug-likeness (QED) is 0.763. The maximum atomic E-state index is 11.2. The summed E-state index contributed by atoms with van der Waals surface area (Å²) in [7, 11) is 1.64. The maximum Gasteiger partial charge on any atom is 0.221 e. The number of fused-ring (bicyclic) bond motifs is 1. The van der Waals surface area contributed by atoms with Gasteiger partial charge in [-0.05, 0) is 12.1 Å². The van der Waals surface area contributed by atoms with Crippen LogP contribution in [0, 0.1) is 0 Å². The maximum absolute atomic E-state index is 11.2. The number of carbonyl (C=O) groups is 1. The minimum atomic E-state index is 0.0383. The third-order valence-electron chi connectivity index (χ3n) is 2.68. The van der Waals surface area contributed by atoms with Crippen molar-refractivity contribution in [3.63, 3.8) is 0 Å². The molecule has 0 unspecified atom stereocenters. The Balaban J connectivity index is 2.28. The summed E-state index contributed by atoms with van der Waals surface area (Å²) >= 11 is 0. The number of nitrogens with one attached hydrogen (secondary N) is 1. The zero-order valence-electron chi connectivity index (χ0n) is 9.23. The van der Waals surface area contributed by atoms with Crippen molar-refractivity contribution in [2.45, 2.75) is 13.0 Å². The lowest BCUT2D eigenvalue weighted by molar-refractivity contribution is -0.120. The second-order valence-electron chi connectivity index (χ2n) is 3.72. The number of carbonyl (C=O) groups excluding carboxylic acids is 1. The molecule has 0 aliphatic heterocycles. The molecule has 84 valence electrons. The summed E-state index contributed by atoms with van der Waals surface area (Å²) in [5, 5.41) is 3.71. The molecule has 4 heteroatoms. The molecule has 0 saturated carbocycles. The average Bonchev–Trinajstić information content (AvgIpc) is 2.70. The smallest absolute Gasteiger partial charge is 0.221 e. The van der Waals surface area contributed by atoms with Gasteiger partial charge in [-0.15, -0.1) is 0 Å². The summed E-state index contributed by atoms with van der Waals surface area (Å²) in [5.74, 6) is 0.0383. The Hall–Kier alpha value is -1.97. The Kier molecular flexibility index (Phi) is 2.81. The molecule has 0 atom stereocenters. The van der Waals surface area contributed by atoms with Gasteiger partial charge in [-0.2, -0.15) is 0 Å². The van der Waals surface area contributed by atoms with E-state index < -0.39 is 0 Å². The zero-order chi connectivity index (χ0) is 11.5. The van der Waals surface area contributed by atoms with Crippen molar-refractivity contribution in [2.24, 2.45) is 0 Å². The van der Waals surface area contributed by atoms with E-state index in [4.69, 9.17) is 5.73 Å². The van der Waals surface area contributed by atoms with E-state index in [-0.39, 0.29) is 5.91 Å². The molecule has 0 spiro atoms. The van der Waals surface area contributed by atoms with Crippen LogP contribution in [0.4, 0.5) is 5.69 Å². The van der Waals surface area contributed by atoms with E-state index in [0.29, 0.717) is 13.0 Å². The first-order chi connectivity index (χ1) is 7.72. The molecule has 2 rings (SSSR count). The van der Waals surface area contributed by atoms with Gasteiger partial charge in [-0.3, -0.25) is 4.79 Å². The Morgan fingerprint density at radius 1 is 1.44 bits per heavy atom. The van der Waals surface area contributed by atoms with Crippen molar-refractivity contribution in [1.82, 2.24) is 9.88 Å². The van der Waals surface area contributed by atoms with Crippen LogP contribution in [0.5, 0.6) is 0 Å². The summed E-state index contributed by atoms with van der Waals surface area (Å²) in [6, 6.07) is 7.83. The van der Waals surface area contributed by atoms with E-state index in [0.717, 1.165) is 16.6 Å². The predicted molar refractivity (Wildman–Crippen MR) is 65.0 cm³/mol. The topological polar surface area (TPSA) is 60.0 Å². The van der Waals surface area contributed by atoms with Gasteiger partial charge in [0.25, 0.3) is 0 Å². The van der Waals surface area contributed by atoms with Crippen LogP contribution in [0.15, 0.2) is 30.5 Å². The number of anilines is 1. The largest absolute Gasteiger partial charge is 0.397 e. The molecule has 0 saturated heterocycles. The summed E-state index contributed by atoms with van der Waals surface area (Å²) in [6.45, 7) is 0.650. The Morgan fingerprint density at radius 3 is 3.00 bits per heavy atom. The molecular weight excluding hydrogens is 202 g/mol. The molecule has 1 aromatic heterocycles. The Labute approximate surface area is 94.0 Å². The lowest BCUT2D eigenvalue weighted by Crippen LogP contribution is -2.19. The van der Waals surface area contributed by atoms with Crippen molar-refractivity contribution < 1.29 is 4.79 Å². The lowest BCUT2D eigenvalue weighted by Gasteiger charge is -2.06. The lowest BCUT2D eigenvalue weighted by atomic mass is 10.2. The summed E-state index contributed by atoms with van der Waals surface area (Å²) in [4.78, 5) is 11.2. The fraction of sp³-hybridized carbons (Fsp3) is 0.250. The first-order valence-electron chi connectivity index (χ1n) is 5.26. The highest BCUT2D eigenvalue weighted by Gasteiger charge is 2.05.